The van der Waals surface area contributed by atoms with E-state index in [0.29, 0.717) is 32.5 Å². The van der Waals surface area contributed by atoms with Gasteiger partial charge in [0.2, 0.25) is 5.91 Å². The summed E-state index contributed by atoms with van der Waals surface area (Å²) in [5.41, 5.74) is 2.24. The van der Waals surface area contributed by atoms with Crippen molar-refractivity contribution in [3.63, 3.8) is 0 Å². The van der Waals surface area contributed by atoms with Crippen molar-refractivity contribution in [2.75, 3.05) is 19.7 Å². The summed E-state index contributed by atoms with van der Waals surface area (Å²) >= 11 is 0. The lowest BCUT2D eigenvalue weighted by molar-refractivity contribution is -0.166. The Morgan fingerprint density at radius 3 is 2.59 bits per heavy atom. The van der Waals surface area contributed by atoms with Crippen molar-refractivity contribution in [3.8, 4) is 11.1 Å². The van der Waals surface area contributed by atoms with Gasteiger partial charge in [-0.2, -0.15) is 0 Å². The van der Waals surface area contributed by atoms with Crippen molar-refractivity contribution in [2.24, 2.45) is 0 Å². The fourth-order valence-electron chi connectivity index (χ4n) is 3.91. The molecular weight excluding hydrogens is 364 g/mol. The van der Waals surface area contributed by atoms with Crippen LogP contribution in [0.5, 0.6) is 0 Å². The molecule has 2 aromatic rings. The maximum atomic E-state index is 13.2. The molecule has 1 saturated heterocycles. The van der Waals surface area contributed by atoms with Crippen LogP contribution in [0.1, 0.15) is 31.7 Å². The van der Waals surface area contributed by atoms with Gasteiger partial charge in [0.1, 0.15) is 0 Å². The van der Waals surface area contributed by atoms with Crippen LogP contribution in [-0.4, -0.2) is 48.1 Å². The number of morpholine rings is 1. The number of ether oxygens (including phenoxy) is 1. The van der Waals surface area contributed by atoms with Gasteiger partial charge in [0, 0.05) is 25.4 Å². The third-order valence-electron chi connectivity index (χ3n) is 5.69. The molecule has 2 amide bonds. The number of amides is 2. The van der Waals surface area contributed by atoms with Crippen molar-refractivity contribution < 1.29 is 14.3 Å². The Hall–Kier alpha value is -2.66. The van der Waals surface area contributed by atoms with Crippen LogP contribution in [0, 0.1) is 0 Å². The Morgan fingerprint density at radius 1 is 1.10 bits per heavy atom. The van der Waals surface area contributed by atoms with E-state index < -0.39 is 5.60 Å². The molecule has 2 fully saturated rings. The molecule has 0 bridgehead atoms. The highest BCUT2D eigenvalue weighted by molar-refractivity contribution is 5.88. The molecule has 29 heavy (non-hydrogen) atoms. The number of hydrogen-bond donors (Lipinski definition) is 1. The van der Waals surface area contributed by atoms with Gasteiger partial charge >= 0.3 is 0 Å². The number of nitrogens with one attached hydrogen (secondary N) is 1. The lowest BCUT2D eigenvalue weighted by Crippen LogP contribution is -2.62. The number of hydrogen-bond acceptors (Lipinski definition) is 3. The van der Waals surface area contributed by atoms with Gasteiger partial charge in [0.25, 0.3) is 5.91 Å². The predicted octanol–water partition coefficient (Wildman–Crippen LogP) is 3.18. The minimum atomic E-state index is -1.04. The van der Waals surface area contributed by atoms with Gasteiger partial charge in [-0.05, 0) is 29.5 Å². The molecule has 1 saturated carbocycles. The Kier molecular flexibility index (Phi) is 5.67. The molecular formula is C24H28N2O3. The average molecular weight is 392 g/mol. The van der Waals surface area contributed by atoms with Gasteiger partial charge in [-0.1, -0.05) is 61.5 Å². The van der Waals surface area contributed by atoms with Crippen LogP contribution < -0.4 is 5.32 Å². The molecule has 1 N–H and O–H groups in total. The van der Waals surface area contributed by atoms with E-state index in [0.717, 1.165) is 29.5 Å². The van der Waals surface area contributed by atoms with E-state index in [9.17, 15) is 9.59 Å². The van der Waals surface area contributed by atoms with Crippen LogP contribution in [0.15, 0.2) is 54.6 Å². The fourth-order valence-corrected chi connectivity index (χ4v) is 3.91. The molecule has 1 aliphatic carbocycles. The molecule has 2 aliphatic rings. The van der Waals surface area contributed by atoms with Crippen LogP contribution in [0.4, 0.5) is 0 Å². The second-order valence-corrected chi connectivity index (χ2v) is 8.00. The second-order valence-electron chi connectivity index (χ2n) is 8.00. The first kappa shape index (κ1) is 19.6. The fraction of sp³-hybridized carbons (Fsp3) is 0.417. The summed E-state index contributed by atoms with van der Waals surface area (Å²) in [6, 6.07) is 18.7. The molecule has 152 valence electrons. The Morgan fingerprint density at radius 2 is 1.86 bits per heavy atom. The van der Waals surface area contributed by atoms with Gasteiger partial charge < -0.3 is 15.0 Å². The second kappa shape index (κ2) is 8.37. The maximum absolute atomic E-state index is 13.2. The smallest absolute Gasteiger partial charge is 0.254 e. The largest absolute Gasteiger partial charge is 0.361 e. The number of benzene rings is 2. The predicted molar refractivity (Wildman–Crippen MR) is 112 cm³/mol. The van der Waals surface area contributed by atoms with E-state index in [1.807, 2.05) is 37.3 Å². The third kappa shape index (κ3) is 4.51. The molecule has 0 radical (unpaired) electrons. The zero-order valence-electron chi connectivity index (χ0n) is 16.9. The summed E-state index contributed by atoms with van der Waals surface area (Å²) in [6.07, 6.45) is 2.91. The molecule has 0 spiro atoms. The number of carbonyl (C=O) groups excluding carboxylic acids is 2. The van der Waals surface area contributed by atoms with Crippen LogP contribution >= 0.6 is 0 Å². The molecule has 0 unspecified atom stereocenters. The zero-order valence-corrected chi connectivity index (χ0v) is 16.9. The average Bonchev–Trinajstić information content (AvgIpc) is 3.58. The van der Waals surface area contributed by atoms with Crippen LogP contribution in [0.3, 0.4) is 0 Å². The normalized spacial score (nSPS) is 21.6. The molecule has 4 rings (SSSR count). The summed E-state index contributed by atoms with van der Waals surface area (Å²) in [4.78, 5) is 27.3. The molecule has 2 aromatic carbocycles. The van der Waals surface area contributed by atoms with E-state index in [2.05, 4.69) is 29.6 Å². The lowest BCUT2D eigenvalue weighted by Gasteiger charge is -2.41. The standard InChI is InChI=1S/C24H28N2O3/c1-2-22(27)26-13-14-29-24(17-26,23(28)25-21-11-12-21)16-18-7-6-10-20(15-18)19-8-4-3-5-9-19/h3-10,15,21H,2,11-14,16-17H2,1H3,(H,25,28)/t24-/m0/s1. The van der Waals surface area contributed by atoms with Gasteiger partial charge in [-0.15, -0.1) is 0 Å². The molecule has 0 aromatic heterocycles. The lowest BCUT2D eigenvalue weighted by atomic mass is 9.89. The Balaban J connectivity index is 1.61. The highest BCUT2D eigenvalue weighted by Crippen LogP contribution is 2.29. The Bertz CT molecular complexity index is 879. The van der Waals surface area contributed by atoms with Gasteiger partial charge in [0.15, 0.2) is 5.60 Å². The minimum Gasteiger partial charge on any atom is -0.361 e. The number of carbonyl (C=O) groups is 2. The van der Waals surface area contributed by atoms with Crippen molar-refractivity contribution in [3.05, 3.63) is 60.2 Å². The number of nitrogens with zero attached hydrogens (tertiary/aromatic N) is 1. The van der Waals surface area contributed by atoms with Crippen LogP contribution in [0.25, 0.3) is 11.1 Å². The monoisotopic (exact) mass is 392 g/mol. The minimum absolute atomic E-state index is 0.0648. The number of rotatable bonds is 6. The van der Waals surface area contributed by atoms with Crippen LogP contribution in [0.2, 0.25) is 0 Å². The maximum Gasteiger partial charge on any atom is 0.254 e. The topological polar surface area (TPSA) is 58.6 Å². The first-order chi connectivity index (χ1) is 14.1. The highest BCUT2D eigenvalue weighted by Gasteiger charge is 2.46. The summed E-state index contributed by atoms with van der Waals surface area (Å²) in [7, 11) is 0. The first-order valence-electron chi connectivity index (χ1n) is 10.5. The molecule has 1 aliphatic heterocycles. The van der Waals surface area contributed by atoms with Crippen molar-refractivity contribution in [2.45, 2.75) is 44.2 Å². The highest BCUT2D eigenvalue weighted by atomic mass is 16.5. The summed E-state index contributed by atoms with van der Waals surface area (Å²) < 4.78 is 6.12. The Labute approximate surface area is 172 Å². The zero-order chi connectivity index (χ0) is 20.3. The first-order valence-corrected chi connectivity index (χ1v) is 10.5. The van der Waals surface area contributed by atoms with E-state index in [4.69, 9.17) is 4.74 Å². The van der Waals surface area contributed by atoms with Crippen LogP contribution in [-0.2, 0) is 20.7 Å². The van der Waals surface area contributed by atoms with Crippen molar-refractivity contribution in [1.29, 1.82) is 0 Å². The molecule has 1 heterocycles. The van der Waals surface area contributed by atoms with E-state index in [1.165, 1.54) is 0 Å². The summed E-state index contributed by atoms with van der Waals surface area (Å²) in [5.74, 6) is -0.0337. The van der Waals surface area contributed by atoms with Crippen molar-refractivity contribution >= 4 is 11.8 Å². The van der Waals surface area contributed by atoms with E-state index >= 15 is 0 Å². The summed E-state index contributed by atoms with van der Waals surface area (Å²) in [6.45, 7) is 3.07. The van der Waals surface area contributed by atoms with E-state index in [1.54, 1.807) is 4.90 Å². The van der Waals surface area contributed by atoms with Crippen molar-refractivity contribution in [1.82, 2.24) is 10.2 Å². The summed E-state index contributed by atoms with van der Waals surface area (Å²) in [5, 5.41) is 3.11. The van der Waals surface area contributed by atoms with Gasteiger partial charge in [-0.3, -0.25) is 9.59 Å². The molecule has 5 heteroatoms. The van der Waals surface area contributed by atoms with E-state index in [-0.39, 0.29) is 17.9 Å². The SMILES string of the molecule is CCC(=O)N1CCO[C@](Cc2cccc(-c3ccccc3)c2)(C(=O)NC2CC2)C1. The van der Waals surface area contributed by atoms with Gasteiger partial charge in [-0.25, -0.2) is 0 Å². The van der Waals surface area contributed by atoms with Gasteiger partial charge in [0.05, 0.1) is 13.2 Å². The quantitative estimate of drug-likeness (QED) is 0.821. The molecule has 5 nitrogen and oxygen atoms in total. The third-order valence-corrected chi connectivity index (χ3v) is 5.69. The molecule has 1 atom stereocenters.